The number of nitrogens with zero attached hydrogens (tertiary/aromatic N) is 3. The molecule has 0 aliphatic carbocycles. The highest BCUT2D eigenvalue weighted by atomic mass is 32.2. The maximum atomic E-state index is 12.7. The summed E-state index contributed by atoms with van der Waals surface area (Å²) in [6, 6.07) is 2.24. The van der Waals surface area contributed by atoms with Crippen molar-refractivity contribution in [1.82, 2.24) is 9.80 Å². The fourth-order valence-electron chi connectivity index (χ4n) is 8.05. The highest BCUT2D eigenvalue weighted by Crippen LogP contribution is 2.63. The molecule has 7 atom stereocenters. The molecular formula is C34H41N3O10S. The third-order valence-corrected chi connectivity index (χ3v) is 11.2. The van der Waals surface area contributed by atoms with Crippen LogP contribution >= 0.6 is 11.8 Å². The van der Waals surface area contributed by atoms with Gasteiger partial charge in [0.15, 0.2) is 29.8 Å². The summed E-state index contributed by atoms with van der Waals surface area (Å²) in [6.45, 7) is 7.05. The van der Waals surface area contributed by atoms with Gasteiger partial charge in [0.25, 0.3) is 6.47 Å². The Kier molecular flexibility index (Phi) is 9.70. The van der Waals surface area contributed by atoms with Gasteiger partial charge in [-0.2, -0.15) is 5.26 Å². The van der Waals surface area contributed by atoms with Gasteiger partial charge in [-0.3, -0.25) is 19.4 Å². The Bertz CT molecular complexity index is 1640. The zero-order valence-corrected chi connectivity index (χ0v) is 28.9. The molecule has 48 heavy (non-hydrogen) atoms. The standard InChI is InChI=1S/C34H41N3O10S/c1-16-8-20-9-21-22(10-35)37-23(11-43-13-38)25-26(30(47-19(4)40)18(3)31-33(25)46-15-45-31)34(48-12-17(2)39)28(37)27(36(21)5)24(20)32(29(16)42-7)44-14-41-6/h8,13,17,21-23,27-28,34,39H,9,11-12,14-15H2,1-7H3/t17-,21-,22-,23-,27-,28?,34+/m0/s1. The molecule has 0 spiro atoms. The molecule has 14 heteroatoms. The molecule has 0 radical (unpaired) electrons. The molecule has 1 N–H and O–H groups in total. The van der Waals surface area contributed by atoms with Gasteiger partial charge in [0.1, 0.15) is 18.4 Å². The number of ether oxygens (including phenoxy) is 7. The number of carbonyl (C=O) groups excluding carboxylic acids is 2. The molecule has 0 saturated carbocycles. The Hall–Kier alpha value is -3.74. The van der Waals surface area contributed by atoms with Crippen LogP contribution < -0.4 is 23.7 Å². The van der Waals surface area contributed by atoms with Crippen LogP contribution in [0.5, 0.6) is 28.7 Å². The number of rotatable bonds is 11. The van der Waals surface area contributed by atoms with Crippen molar-refractivity contribution < 1.29 is 47.9 Å². The number of aliphatic hydroxyl groups is 1. The van der Waals surface area contributed by atoms with Crippen LogP contribution in [0.2, 0.25) is 0 Å². The van der Waals surface area contributed by atoms with Crippen molar-refractivity contribution in [3.63, 3.8) is 0 Å². The lowest BCUT2D eigenvalue weighted by molar-refractivity contribution is -0.134. The summed E-state index contributed by atoms with van der Waals surface area (Å²) >= 11 is 1.50. The molecule has 2 aromatic rings. The number of hydrogen-bond donors (Lipinski definition) is 1. The first-order valence-corrected chi connectivity index (χ1v) is 16.8. The quantitative estimate of drug-likeness (QED) is 0.159. The van der Waals surface area contributed by atoms with Crippen LogP contribution in [-0.4, -0.2) is 98.8 Å². The van der Waals surface area contributed by atoms with E-state index in [4.69, 9.17) is 33.2 Å². The highest BCUT2D eigenvalue weighted by Gasteiger charge is 2.60. The Morgan fingerprint density at radius 1 is 1.19 bits per heavy atom. The number of aliphatic hydroxyl groups excluding tert-OH is 1. The van der Waals surface area contributed by atoms with Gasteiger partial charge in [0.05, 0.1) is 36.6 Å². The summed E-state index contributed by atoms with van der Waals surface area (Å²) in [7, 11) is 5.16. The van der Waals surface area contributed by atoms with E-state index in [9.17, 15) is 20.0 Å². The third kappa shape index (κ3) is 5.42. The Morgan fingerprint density at radius 3 is 2.58 bits per heavy atom. The SMILES string of the molecule is COCOc1c(OC)c(C)cc2c1[C@H]1C3[C@H](SC[C@H](C)O)c4c(OC(C)=O)c(C)c5c(c4[C@H](COC=O)N3[C@@H](C#N)[C@H](C2)N1C)OCO5. The van der Waals surface area contributed by atoms with Gasteiger partial charge in [0.2, 0.25) is 6.79 Å². The van der Waals surface area contributed by atoms with Gasteiger partial charge in [-0.1, -0.05) is 6.07 Å². The monoisotopic (exact) mass is 683 g/mol. The van der Waals surface area contributed by atoms with E-state index in [1.54, 1.807) is 21.1 Å². The second-order valence-corrected chi connectivity index (χ2v) is 13.7. The fourth-order valence-corrected chi connectivity index (χ4v) is 9.42. The molecule has 6 rings (SSSR count). The molecule has 4 aliphatic heterocycles. The first kappa shape index (κ1) is 34.1. The van der Waals surface area contributed by atoms with E-state index >= 15 is 0 Å². The summed E-state index contributed by atoms with van der Waals surface area (Å²) in [5, 5.41) is 21.1. The molecule has 13 nitrogen and oxygen atoms in total. The number of methoxy groups -OCH3 is 2. The van der Waals surface area contributed by atoms with Crippen molar-refractivity contribution in [2.24, 2.45) is 0 Å². The van der Waals surface area contributed by atoms with E-state index in [0.717, 1.165) is 16.7 Å². The van der Waals surface area contributed by atoms with Gasteiger partial charge in [0, 0.05) is 54.1 Å². The number of benzene rings is 2. The molecule has 4 aliphatic rings. The van der Waals surface area contributed by atoms with E-state index in [1.165, 1.54) is 18.7 Å². The van der Waals surface area contributed by atoms with E-state index in [2.05, 4.69) is 21.9 Å². The van der Waals surface area contributed by atoms with Crippen molar-refractivity contribution in [3.8, 4) is 34.8 Å². The first-order valence-electron chi connectivity index (χ1n) is 15.8. The third-order valence-electron chi connectivity index (χ3n) is 9.69. The number of carbonyl (C=O) groups is 2. The number of aryl methyl sites for hydroxylation is 1. The minimum absolute atomic E-state index is 0.0145. The average molecular weight is 684 g/mol. The van der Waals surface area contributed by atoms with Crippen LogP contribution in [0.1, 0.15) is 64.6 Å². The maximum absolute atomic E-state index is 12.7. The van der Waals surface area contributed by atoms with Crippen LogP contribution in [0.4, 0.5) is 0 Å². The predicted molar refractivity (Wildman–Crippen MR) is 174 cm³/mol. The summed E-state index contributed by atoms with van der Waals surface area (Å²) in [6.07, 6.45) is -0.125. The van der Waals surface area contributed by atoms with Gasteiger partial charge in [-0.15, -0.1) is 11.8 Å². The molecule has 2 aromatic carbocycles. The number of esters is 1. The van der Waals surface area contributed by atoms with Crippen LogP contribution in [0.15, 0.2) is 6.07 Å². The van der Waals surface area contributed by atoms with E-state index < -0.39 is 35.4 Å². The Balaban J connectivity index is 1.71. The van der Waals surface area contributed by atoms with Gasteiger partial charge in [-0.25, -0.2) is 0 Å². The molecule has 0 amide bonds. The first-order chi connectivity index (χ1) is 23.1. The van der Waals surface area contributed by atoms with Crippen molar-refractivity contribution >= 4 is 24.2 Å². The van der Waals surface area contributed by atoms with Crippen LogP contribution in [0, 0.1) is 25.2 Å². The lowest BCUT2D eigenvalue weighted by Crippen LogP contribution is -2.69. The largest absolute Gasteiger partial charge is 0.493 e. The van der Waals surface area contributed by atoms with Crippen LogP contribution in [0.3, 0.4) is 0 Å². The Labute approximate surface area is 283 Å². The summed E-state index contributed by atoms with van der Waals surface area (Å²) in [5.41, 5.74) is 4.71. The lowest BCUT2D eigenvalue weighted by atomic mass is 9.71. The van der Waals surface area contributed by atoms with Crippen molar-refractivity contribution in [2.75, 3.05) is 47.2 Å². The molecule has 1 fully saturated rings. The molecule has 4 heterocycles. The summed E-state index contributed by atoms with van der Waals surface area (Å²) in [5.74, 6) is 2.17. The minimum Gasteiger partial charge on any atom is -0.493 e. The second-order valence-electron chi connectivity index (χ2n) is 12.6. The smallest absolute Gasteiger partial charge is 0.308 e. The minimum atomic E-state index is -0.676. The molecule has 258 valence electrons. The molecule has 2 bridgehead atoms. The van der Waals surface area contributed by atoms with Crippen molar-refractivity contribution in [1.29, 1.82) is 5.26 Å². The van der Waals surface area contributed by atoms with Gasteiger partial charge < -0.3 is 38.3 Å². The molecule has 0 aromatic heterocycles. The van der Waals surface area contributed by atoms with Gasteiger partial charge >= 0.3 is 5.97 Å². The fraction of sp³-hybridized carbons (Fsp3) is 0.559. The Morgan fingerprint density at radius 2 is 1.94 bits per heavy atom. The normalized spacial score (nSPS) is 26.0. The number of thioether (sulfide) groups is 1. The van der Waals surface area contributed by atoms with E-state index in [-0.39, 0.29) is 32.3 Å². The number of nitriles is 1. The number of piperazine rings is 1. The predicted octanol–water partition coefficient (Wildman–Crippen LogP) is 3.51. The zero-order chi connectivity index (χ0) is 34.4. The van der Waals surface area contributed by atoms with E-state index in [0.29, 0.717) is 64.1 Å². The average Bonchev–Trinajstić information content (AvgIpc) is 3.54. The highest BCUT2D eigenvalue weighted by molar-refractivity contribution is 7.99. The lowest BCUT2D eigenvalue weighted by Gasteiger charge is -2.61. The number of hydrogen-bond acceptors (Lipinski definition) is 14. The summed E-state index contributed by atoms with van der Waals surface area (Å²) in [4.78, 5) is 28.8. The van der Waals surface area contributed by atoms with E-state index in [1.807, 2.05) is 20.9 Å². The molecule has 1 unspecified atom stereocenters. The zero-order valence-electron chi connectivity index (χ0n) is 28.1. The second kappa shape index (κ2) is 13.6. The molecular weight excluding hydrogens is 642 g/mol. The maximum Gasteiger partial charge on any atom is 0.308 e. The molecule has 1 saturated heterocycles. The number of fused-ring (bicyclic) bond motifs is 9. The number of likely N-dealkylation sites (N-methyl/N-ethyl adjacent to an activating group) is 1. The van der Waals surface area contributed by atoms with Crippen molar-refractivity contribution in [2.45, 2.75) is 75.7 Å². The summed E-state index contributed by atoms with van der Waals surface area (Å²) < 4.78 is 41.1. The van der Waals surface area contributed by atoms with Crippen molar-refractivity contribution in [3.05, 3.63) is 39.4 Å². The van der Waals surface area contributed by atoms with Crippen LogP contribution in [-0.2, 0) is 25.5 Å². The van der Waals surface area contributed by atoms with Gasteiger partial charge in [-0.05, 0) is 45.4 Å². The topological polar surface area (TPSA) is 149 Å². The van der Waals surface area contributed by atoms with Crippen LogP contribution in [0.25, 0.3) is 0 Å².